The van der Waals surface area contributed by atoms with Crippen molar-refractivity contribution in [3.8, 4) is 0 Å². The largest absolute Gasteiger partial charge is 0.384 e. The first-order valence-corrected chi connectivity index (χ1v) is 11.9. The summed E-state index contributed by atoms with van der Waals surface area (Å²) >= 11 is 0. The maximum atomic E-state index is 11.0. The van der Waals surface area contributed by atoms with Crippen LogP contribution in [-0.4, -0.2) is 13.2 Å². The van der Waals surface area contributed by atoms with E-state index >= 15 is 0 Å². The summed E-state index contributed by atoms with van der Waals surface area (Å²) in [6.07, 6.45) is 1.35. The maximum Gasteiger partial charge on any atom is 0.0999 e. The monoisotopic (exact) mass is 324 g/mol. The van der Waals surface area contributed by atoms with Gasteiger partial charge in [-0.2, -0.15) is 0 Å². The van der Waals surface area contributed by atoms with Crippen LogP contribution in [0.5, 0.6) is 0 Å². The first-order valence-electron chi connectivity index (χ1n) is 8.42. The minimum atomic E-state index is -1.53. The molecule has 0 amide bonds. The summed E-state index contributed by atoms with van der Waals surface area (Å²) in [5.41, 5.74) is 3.53. The minimum absolute atomic E-state index is 0.494. The van der Waals surface area contributed by atoms with Crippen molar-refractivity contribution in [2.24, 2.45) is 0 Å². The van der Waals surface area contributed by atoms with E-state index in [2.05, 4.69) is 56.9 Å². The van der Waals surface area contributed by atoms with Gasteiger partial charge in [-0.3, -0.25) is 0 Å². The highest BCUT2D eigenvalue weighted by Gasteiger charge is 2.26. The van der Waals surface area contributed by atoms with Crippen molar-refractivity contribution in [1.29, 1.82) is 0 Å². The fourth-order valence-corrected chi connectivity index (χ4v) is 5.08. The van der Waals surface area contributed by atoms with Gasteiger partial charge in [-0.05, 0) is 29.5 Å². The van der Waals surface area contributed by atoms with E-state index in [4.69, 9.17) is 0 Å². The molecule has 1 N–H and O–H groups in total. The van der Waals surface area contributed by atoms with Gasteiger partial charge in [0.1, 0.15) is 0 Å². The highest BCUT2D eigenvalue weighted by atomic mass is 28.3. The molecule has 0 aromatic heterocycles. The smallest absolute Gasteiger partial charge is 0.0999 e. The first kappa shape index (κ1) is 17.7. The molecule has 0 aliphatic heterocycles. The highest BCUT2D eigenvalue weighted by Crippen LogP contribution is 2.32. The van der Waals surface area contributed by atoms with Crippen LogP contribution in [0, 0.1) is 0 Å². The molecule has 0 fully saturated rings. The van der Waals surface area contributed by atoms with Gasteiger partial charge in [-0.15, -0.1) is 0 Å². The van der Waals surface area contributed by atoms with Gasteiger partial charge >= 0.3 is 0 Å². The quantitative estimate of drug-likeness (QED) is 0.691. The standard InChI is InChI=1S/C21H28OSi/c1-5-19(21(22)18-14-10-7-11-15-18)20(23(2,3)4)16-17-12-8-6-9-13-17/h6-15,21-22H,5,16H2,1-4H3/b20-19+. The van der Waals surface area contributed by atoms with Crippen LogP contribution in [0.4, 0.5) is 0 Å². The van der Waals surface area contributed by atoms with Gasteiger partial charge in [-0.1, -0.05) is 92.4 Å². The van der Waals surface area contributed by atoms with E-state index in [1.165, 1.54) is 16.3 Å². The molecule has 0 heterocycles. The molecule has 2 rings (SSSR count). The molecule has 0 spiro atoms. The van der Waals surface area contributed by atoms with Gasteiger partial charge in [0.15, 0.2) is 0 Å². The Morgan fingerprint density at radius 3 is 1.91 bits per heavy atom. The van der Waals surface area contributed by atoms with Crippen LogP contribution < -0.4 is 0 Å². The van der Waals surface area contributed by atoms with Crippen molar-refractivity contribution in [3.05, 3.63) is 82.6 Å². The van der Waals surface area contributed by atoms with Crippen LogP contribution in [0.1, 0.15) is 30.6 Å². The summed E-state index contributed by atoms with van der Waals surface area (Å²) in [5, 5.41) is 12.4. The zero-order valence-electron chi connectivity index (χ0n) is 14.7. The molecule has 2 aromatic carbocycles. The van der Waals surface area contributed by atoms with Gasteiger partial charge < -0.3 is 5.11 Å². The van der Waals surface area contributed by atoms with E-state index < -0.39 is 14.2 Å². The fourth-order valence-electron chi connectivity index (χ4n) is 3.07. The Morgan fingerprint density at radius 1 is 0.913 bits per heavy atom. The molecule has 0 aliphatic carbocycles. The fraction of sp³-hybridized carbons (Fsp3) is 0.333. The number of hydrogen-bond acceptors (Lipinski definition) is 1. The maximum absolute atomic E-state index is 11.0. The second-order valence-corrected chi connectivity index (χ2v) is 12.2. The molecule has 1 unspecified atom stereocenters. The zero-order chi connectivity index (χ0) is 16.9. The van der Waals surface area contributed by atoms with Crippen LogP contribution in [0.15, 0.2) is 71.4 Å². The lowest BCUT2D eigenvalue weighted by Crippen LogP contribution is -2.28. The molecular weight excluding hydrogens is 296 g/mol. The van der Waals surface area contributed by atoms with E-state index in [0.29, 0.717) is 0 Å². The zero-order valence-corrected chi connectivity index (χ0v) is 15.7. The number of aliphatic hydroxyl groups is 1. The Balaban J connectivity index is 2.46. The Bertz CT molecular complexity index is 639. The Kier molecular flexibility index (Phi) is 5.97. The van der Waals surface area contributed by atoms with Crippen molar-refractivity contribution in [2.45, 2.75) is 45.5 Å². The van der Waals surface area contributed by atoms with Gasteiger partial charge in [0.05, 0.1) is 14.2 Å². The molecule has 2 aromatic rings. The number of rotatable bonds is 6. The van der Waals surface area contributed by atoms with Crippen molar-refractivity contribution >= 4 is 8.07 Å². The first-order chi connectivity index (χ1) is 10.9. The summed E-state index contributed by atoms with van der Waals surface area (Å²) in [6, 6.07) is 20.6. The summed E-state index contributed by atoms with van der Waals surface area (Å²) in [4.78, 5) is 0. The Labute approximate surface area is 141 Å². The third kappa shape index (κ3) is 4.66. The number of aliphatic hydroxyl groups excluding tert-OH is 1. The number of allylic oxidation sites excluding steroid dienone is 1. The van der Waals surface area contributed by atoms with E-state index in [1.807, 2.05) is 30.3 Å². The van der Waals surface area contributed by atoms with Crippen LogP contribution in [0.25, 0.3) is 0 Å². The summed E-state index contributed by atoms with van der Waals surface area (Å²) in [7, 11) is -1.53. The molecule has 0 radical (unpaired) electrons. The topological polar surface area (TPSA) is 20.2 Å². The third-order valence-corrected chi connectivity index (χ3v) is 6.65. The molecule has 1 nitrogen and oxygen atoms in total. The van der Waals surface area contributed by atoms with Gasteiger partial charge in [0.2, 0.25) is 0 Å². The van der Waals surface area contributed by atoms with Crippen LogP contribution >= 0.6 is 0 Å². The van der Waals surface area contributed by atoms with Gasteiger partial charge in [0, 0.05) is 0 Å². The summed E-state index contributed by atoms with van der Waals surface area (Å²) < 4.78 is 0. The van der Waals surface area contributed by atoms with Gasteiger partial charge in [-0.25, -0.2) is 0 Å². The van der Waals surface area contributed by atoms with E-state index in [-0.39, 0.29) is 0 Å². The van der Waals surface area contributed by atoms with Crippen LogP contribution in [-0.2, 0) is 6.42 Å². The molecular formula is C21H28OSi. The van der Waals surface area contributed by atoms with E-state index in [9.17, 15) is 5.11 Å². The van der Waals surface area contributed by atoms with Crippen molar-refractivity contribution in [3.63, 3.8) is 0 Å². The molecule has 2 heteroatoms. The second-order valence-electron chi connectivity index (χ2n) is 7.08. The summed E-state index contributed by atoms with van der Waals surface area (Å²) in [5.74, 6) is 0. The van der Waals surface area contributed by atoms with Crippen molar-refractivity contribution in [2.75, 3.05) is 0 Å². The van der Waals surface area contributed by atoms with E-state index in [1.54, 1.807) is 0 Å². The lowest BCUT2D eigenvalue weighted by Gasteiger charge is -2.28. The average molecular weight is 325 g/mol. The predicted molar refractivity (Wildman–Crippen MR) is 102 cm³/mol. The highest BCUT2D eigenvalue weighted by molar-refractivity contribution is 6.83. The molecule has 1 atom stereocenters. The lowest BCUT2D eigenvalue weighted by molar-refractivity contribution is 0.211. The Hall–Kier alpha value is -1.64. The summed E-state index contributed by atoms with van der Waals surface area (Å²) in [6.45, 7) is 9.28. The minimum Gasteiger partial charge on any atom is -0.384 e. The van der Waals surface area contributed by atoms with Gasteiger partial charge in [0.25, 0.3) is 0 Å². The number of benzene rings is 2. The molecule has 0 bridgehead atoms. The average Bonchev–Trinajstić information content (AvgIpc) is 2.55. The van der Waals surface area contributed by atoms with Crippen LogP contribution in [0.2, 0.25) is 19.6 Å². The third-order valence-electron chi connectivity index (χ3n) is 4.34. The van der Waals surface area contributed by atoms with E-state index in [0.717, 1.165) is 18.4 Å². The second kappa shape index (κ2) is 7.76. The normalized spacial score (nSPS) is 14.3. The molecule has 23 heavy (non-hydrogen) atoms. The molecule has 0 saturated heterocycles. The van der Waals surface area contributed by atoms with Crippen LogP contribution in [0.3, 0.4) is 0 Å². The predicted octanol–water partition coefficient (Wildman–Crippen LogP) is 5.55. The molecule has 0 aliphatic rings. The molecule has 0 saturated carbocycles. The Morgan fingerprint density at radius 2 is 1.43 bits per heavy atom. The number of hydrogen-bond donors (Lipinski definition) is 1. The van der Waals surface area contributed by atoms with Crippen molar-refractivity contribution < 1.29 is 5.11 Å². The molecule has 122 valence electrons. The lowest BCUT2D eigenvalue weighted by atomic mass is 9.97. The van der Waals surface area contributed by atoms with Crippen molar-refractivity contribution in [1.82, 2.24) is 0 Å². The SMILES string of the molecule is CC/C(=C(/Cc1ccccc1)[Si](C)(C)C)C(O)c1ccccc1.